The number of hydrogen-bond acceptors (Lipinski definition) is 2. The predicted molar refractivity (Wildman–Crippen MR) is 54.8 cm³/mol. The van der Waals surface area contributed by atoms with Crippen LogP contribution in [0, 0.1) is 6.92 Å². The van der Waals surface area contributed by atoms with E-state index < -0.39 is 10.0 Å². The summed E-state index contributed by atoms with van der Waals surface area (Å²) in [5.74, 6) is 0. The molecule has 14 heavy (non-hydrogen) atoms. The number of sulfonamides is 1. The molecule has 0 saturated heterocycles. The van der Waals surface area contributed by atoms with Crippen molar-refractivity contribution in [3.8, 4) is 0 Å². The number of halogens is 1. The Hall–Kier alpha value is -0.580. The van der Waals surface area contributed by atoms with Crippen LogP contribution in [0.5, 0.6) is 0 Å². The summed E-state index contributed by atoms with van der Waals surface area (Å²) >= 11 is 5.92. The molecule has 0 spiro atoms. The second kappa shape index (κ2) is 2.95. The van der Waals surface area contributed by atoms with Crippen LogP contribution in [0.15, 0.2) is 17.0 Å². The zero-order chi connectivity index (χ0) is 10.5. The molecule has 0 atom stereocenters. The molecule has 0 N–H and O–H groups in total. The van der Waals surface area contributed by atoms with E-state index in [1.165, 1.54) is 4.31 Å². The molecular weight excluding hydrogens is 222 g/mol. The molecule has 1 aromatic rings. The molecule has 0 fully saturated rings. The van der Waals surface area contributed by atoms with Gasteiger partial charge in [0, 0.05) is 18.6 Å². The van der Waals surface area contributed by atoms with Gasteiger partial charge in [-0.25, -0.2) is 8.42 Å². The zero-order valence-electron chi connectivity index (χ0n) is 7.91. The summed E-state index contributed by atoms with van der Waals surface area (Å²) in [4.78, 5) is 0.391. The lowest BCUT2D eigenvalue weighted by Crippen LogP contribution is -2.18. The van der Waals surface area contributed by atoms with Crippen molar-refractivity contribution in [2.45, 2.75) is 18.4 Å². The molecule has 0 aliphatic carbocycles. The zero-order valence-corrected chi connectivity index (χ0v) is 9.48. The summed E-state index contributed by atoms with van der Waals surface area (Å²) in [7, 11) is -1.68. The molecule has 0 aromatic heterocycles. The lowest BCUT2D eigenvalue weighted by Gasteiger charge is -2.05. The third-order valence-corrected chi connectivity index (χ3v) is 4.72. The molecule has 1 heterocycles. The minimum absolute atomic E-state index is 0.391. The smallest absolute Gasteiger partial charge is 0.207 e. The van der Waals surface area contributed by atoms with E-state index in [0.29, 0.717) is 16.5 Å². The minimum atomic E-state index is -3.25. The summed E-state index contributed by atoms with van der Waals surface area (Å²) in [5, 5.41) is 0.620. The Balaban J connectivity index is 2.73. The van der Waals surface area contributed by atoms with Gasteiger partial charge in [0.25, 0.3) is 0 Å². The first-order valence-electron chi connectivity index (χ1n) is 4.18. The van der Waals surface area contributed by atoms with E-state index in [1.54, 1.807) is 26.1 Å². The van der Waals surface area contributed by atoms with Gasteiger partial charge in [0.05, 0.1) is 4.90 Å². The number of benzene rings is 1. The highest BCUT2D eigenvalue weighted by molar-refractivity contribution is 7.89. The van der Waals surface area contributed by atoms with Crippen LogP contribution in [-0.4, -0.2) is 19.8 Å². The van der Waals surface area contributed by atoms with Crippen molar-refractivity contribution in [3.63, 3.8) is 0 Å². The third-order valence-electron chi connectivity index (χ3n) is 2.42. The molecule has 0 bridgehead atoms. The maximum atomic E-state index is 11.7. The van der Waals surface area contributed by atoms with E-state index in [2.05, 4.69) is 0 Å². The van der Waals surface area contributed by atoms with E-state index in [9.17, 15) is 8.42 Å². The van der Waals surface area contributed by atoms with E-state index in [0.717, 1.165) is 11.1 Å². The average molecular weight is 232 g/mol. The molecule has 1 aliphatic heterocycles. The highest BCUT2D eigenvalue weighted by Crippen LogP contribution is 2.32. The first-order chi connectivity index (χ1) is 6.43. The van der Waals surface area contributed by atoms with Gasteiger partial charge in [-0.1, -0.05) is 11.6 Å². The van der Waals surface area contributed by atoms with Gasteiger partial charge >= 0.3 is 0 Å². The van der Waals surface area contributed by atoms with Gasteiger partial charge in [-0.2, -0.15) is 4.31 Å². The van der Waals surface area contributed by atoms with Gasteiger partial charge in [0.2, 0.25) is 10.0 Å². The highest BCUT2D eigenvalue weighted by atomic mass is 35.5. The number of aryl methyl sites for hydroxylation is 1. The maximum absolute atomic E-state index is 11.7. The van der Waals surface area contributed by atoms with E-state index in [4.69, 9.17) is 11.6 Å². The Morgan fingerprint density at radius 2 is 2.07 bits per heavy atom. The Labute approximate surface area is 88.3 Å². The number of fused-ring (bicyclic) bond motifs is 1. The number of hydrogen-bond donors (Lipinski definition) is 0. The maximum Gasteiger partial charge on any atom is 0.243 e. The van der Waals surface area contributed by atoms with Crippen molar-refractivity contribution in [1.29, 1.82) is 0 Å². The van der Waals surface area contributed by atoms with Gasteiger partial charge in [-0.15, -0.1) is 0 Å². The van der Waals surface area contributed by atoms with Crippen molar-refractivity contribution in [2.24, 2.45) is 0 Å². The van der Waals surface area contributed by atoms with Crippen LogP contribution in [-0.2, 0) is 16.6 Å². The number of rotatable bonds is 0. The molecule has 1 aromatic carbocycles. The average Bonchev–Trinajstić information content (AvgIpc) is 2.28. The minimum Gasteiger partial charge on any atom is -0.207 e. The second-order valence-corrected chi connectivity index (χ2v) is 5.89. The Kier molecular flexibility index (Phi) is 2.10. The van der Waals surface area contributed by atoms with Crippen LogP contribution in [0.25, 0.3) is 0 Å². The van der Waals surface area contributed by atoms with Gasteiger partial charge in [0.1, 0.15) is 0 Å². The first kappa shape index (κ1) is 9.96. The predicted octanol–water partition coefficient (Wildman–Crippen LogP) is 1.78. The monoisotopic (exact) mass is 231 g/mol. The molecule has 0 amide bonds. The van der Waals surface area contributed by atoms with E-state index in [1.807, 2.05) is 0 Å². The van der Waals surface area contributed by atoms with Crippen LogP contribution in [0.1, 0.15) is 11.1 Å². The van der Waals surface area contributed by atoms with Gasteiger partial charge in [0.15, 0.2) is 0 Å². The van der Waals surface area contributed by atoms with Crippen molar-refractivity contribution < 1.29 is 8.42 Å². The quantitative estimate of drug-likeness (QED) is 0.683. The number of nitrogens with zero attached hydrogens (tertiary/aromatic N) is 1. The van der Waals surface area contributed by atoms with Crippen LogP contribution in [0.4, 0.5) is 0 Å². The van der Waals surface area contributed by atoms with Crippen LogP contribution in [0.2, 0.25) is 5.02 Å². The van der Waals surface area contributed by atoms with Crippen molar-refractivity contribution in [2.75, 3.05) is 7.05 Å². The third kappa shape index (κ3) is 1.26. The summed E-state index contributed by atoms with van der Waals surface area (Å²) in [6.07, 6.45) is 0. The van der Waals surface area contributed by atoms with Crippen LogP contribution in [0.3, 0.4) is 0 Å². The first-order valence-corrected chi connectivity index (χ1v) is 6.00. The molecule has 3 nitrogen and oxygen atoms in total. The SMILES string of the molecule is Cc1cc2c(cc1Cl)CN(C)S2(=O)=O. The lowest BCUT2D eigenvalue weighted by molar-refractivity contribution is 0.488. The van der Waals surface area contributed by atoms with Crippen LogP contribution >= 0.6 is 11.6 Å². The molecule has 2 rings (SSSR count). The topological polar surface area (TPSA) is 37.4 Å². The molecule has 76 valence electrons. The van der Waals surface area contributed by atoms with E-state index >= 15 is 0 Å². The van der Waals surface area contributed by atoms with Crippen molar-refractivity contribution in [3.05, 3.63) is 28.3 Å². The molecule has 5 heteroatoms. The molecule has 0 unspecified atom stereocenters. The van der Waals surface area contributed by atoms with Gasteiger partial charge < -0.3 is 0 Å². The largest absolute Gasteiger partial charge is 0.243 e. The lowest BCUT2D eigenvalue weighted by atomic mass is 10.1. The fourth-order valence-corrected chi connectivity index (χ4v) is 3.16. The van der Waals surface area contributed by atoms with E-state index in [-0.39, 0.29) is 0 Å². The van der Waals surface area contributed by atoms with Crippen molar-refractivity contribution in [1.82, 2.24) is 4.31 Å². The highest BCUT2D eigenvalue weighted by Gasteiger charge is 2.31. The summed E-state index contributed by atoms with van der Waals surface area (Å²) < 4.78 is 24.8. The normalized spacial score (nSPS) is 19.6. The second-order valence-electron chi connectivity index (χ2n) is 3.47. The summed E-state index contributed by atoms with van der Waals surface area (Å²) in [6.45, 7) is 2.22. The molecule has 1 aliphatic rings. The van der Waals surface area contributed by atoms with Crippen molar-refractivity contribution >= 4 is 21.6 Å². The Bertz CT molecular complexity index is 496. The van der Waals surface area contributed by atoms with Gasteiger partial charge in [-0.3, -0.25) is 0 Å². The van der Waals surface area contributed by atoms with Crippen LogP contribution < -0.4 is 0 Å². The fourth-order valence-electron chi connectivity index (χ4n) is 1.55. The standard InChI is InChI=1S/C9H10ClNO2S/c1-6-3-9-7(4-8(6)10)5-11(2)14(9,12)13/h3-4H,5H2,1-2H3. The molecule has 0 saturated carbocycles. The summed E-state index contributed by atoms with van der Waals surface area (Å²) in [5.41, 5.74) is 1.58. The Morgan fingerprint density at radius 1 is 1.43 bits per heavy atom. The summed E-state index contributed by atoms with van der Waals surface area (Å²) in [6, 6.07) is 3.36. The fraction of sp³-hybridized carbons (Fsp3) is 0.333. The molecular formula is C9H10ClNO2S. The molecule has 0 radical (unpaired) electrons. The Morgan fingerprint density at radius 3 is 2.71 bits per heavy atom. The van der Waals surface area contributed by atoms with Gasteiger partial charge in [-0.05, 0) is 30.2 Å².